The molecule has 0 unspecified atom stereocenters. The minimum Gasteiger partial charge on any atom is -0.295 e. The van der Waals surface area contributed by atoms with Gasteiger partial charge in [0, 0.05) is 23.5 Å². The molecule has 0 radical (unpaired) electrons. The van der Waals surface area contributed by atoms with Gasteiger partial charge in [0.05, 0.1) is 11.9 Å². The Balaban J connectivity index is 2.36. The van der Waals surface area contributed by atoms with E-state index in [0.717, 1.165) is 11.3 Å². The maximum absolute atomic E-state index is 11.1. The summed E-state index contributed by atoms with van der Waals surface area (Å²) in [6.07, 6.45) is 4.98. The van der Waals surface area contributed by atoms with Crippen molar-refractivity contribution in [2.75, 3.05) is 0 Å². The minimum atomic E-state index is 0.0701. The summed E-state index contributed by atoms with van der Waals surface area (Å²) in [5.74, 6) is 0.0701. The van der Waals surface area contributed by atoms with Crippen LogP contribution in [-0.4, -0.2) is 15.8 Å². The van der Waals surface area contributed by atoms with Crippen LogP contribution < -0.4 is 0 Å². The van der Waals surface area contributed by atoms with E-state index in [4.69, 9.17) is 0 Å². The van der Waals surface area contributed by atoms with Crippen molar-refractivity contribution >= 4 is 5.78 Å². The van der Waals surface area contributed by atoms with E-state index in [9.17, 15) is 4.79 Å². The Morgan fingerprint density at radius 2 is 1.87 bits per heavy atom. The van der Waals surface area contributed by atoms with Crippen molar-refractivity contribution in [3.63, 3.8) is 0 Å². The zero-order valence-corrected chi connectivity index (χ0v) is 8.34. The molecule has 0 saturated carbocycles. The molecule has 0 fully saturated rings. The van der Waals surface area contributed by atoms with Crippen LogP contribution in [0.25, 0.3) is 11.3 Å². The predicted octanol–water partition coefficient (Wildman–Crippen LogP) is 2.35. The lowest BCUT2D eigenvalue weighted by Crippen LogP contribution is -1.91. The van der Waals surface area contributed by atoms with Gasteiger partial charge < -0.3 is 0 Å². The SMILES string of the molecule is CC(=O)c1ccc(-c2cnccn2)cc1. The summed E-state index contributed by atoms with van der Waals surface area (Å²) >= 11 is 0. The molecular formula is C12H10N2O. The van der Waals surface area contributed by atoms with Crippen molar-refractivity contribution in [1.82, 2.24) is 9.97 Å². The first kappa shape index (κ1) is 9.52. The molecule has 0 bridgehead atoms. The fraction of sp³-hybridized carbons (Fsp3) is 0.0833. The van der Waals surface area contributed by atoms with Gasteiger partial charge in [0.15, 0.2) is 5.78 Å². The molecule has 2 aromatic rings. The lowest BCUT2D eigenvalue weighted by Gasteiger charge is -2.00. The van der Waals surface area contributed by atoms with Crippen LogP contribution in [0.5, 0.6) is 0 Å². The number of ketones is 1. The van der Waals surface area contributed by atoms with Crippen molar-refractivity contribution in [1.29, 1.82) is 0 Å². The summed E-state index contributed by atoms with van der Waals surface area (Å²) in [5.41, 5.74) is 2.49. The second-order valence-electron chi connectivity index (χ2n) is 3.22. The fourth-order valence-corrected chi connectivity index (χ4v) is 1.32. The van der Waals surface area contributed by atoms with Gasteiger partial charge >= 0.3 is 0 Å². The number of carbonyl (C=O) groups is 1. The minimum absolute atomic E-state index is 0.0701. The van der Waals surface area contributed by atoms with Crippen LogP contribution in [0.15, 0.2) is 42.9 Å². The predicted molar refractivity (Wildman–Crippen MR) is 57.5 cm³/mol. The van der Waals surface area contributed by atoms with E-state index >= 15 is 0 Å². The van der Waals surface area contributed by atoms with Crippen LogP contribution in [0.2, 0.25) is 0 Å². The van der Waals surface area contributed by atoms with Gasteiger partial charge in [-0.15, -0.1) is 0 Å². The molecule has 0 atom stereocenters. The van der Waals surface area contributed by atoms with Gasteiger partial charge in [-0.25, -0.2) is 0 Å². The van der Waals surface area contributed by atoms with Gasteiger partial charge in [-0.2, -0.15) is 0 Å². The molecule has 1 heterocycles. The van der Waals surface area contributed by atoms with E-state index in [2.05, 4.69) is 9.97 Å². The molecule has 3 nitrogen and oxygen atoms in total. The highest BCUT2D eigenvalue weighted by Gasteiger charge is 2.01. The maximum Gasteiger partial charge on any atom is 0.159 e. The number of carbonyl (C=O) groups excluding carboxylic acids is 1. The number of hydrogen-bond acceptors (Lipinski definition) is 3. The van der Waals surface area contributed by atoms with Crippen molar-refractivity contribution in [2.24, 2.45) is 0 Å². The molecule has 0 aliphatic rings. The first-order valence-corrected chi connectivity index (χ1v) is 4.65. The van der Waals surface area contributed by atoms with E-state index < -0.39 is 0 Å². The molecule has 0 aliphatic heterocycles. The second-order valence-corrected chi connectivity index (χ2v) is 3.22. The smallest absolute Gasteiger partial charge is 0.159 e. The first-order valence-electron chi connectivity index (χ1n) is 4.65. The van der Waals surface area contributed by atoms with Gasteiger partial charge in [-0.1, -0.05) is 24.3 Å². The average Bonchev–Trinajstić information content (AvgIpc) is 2.30. The van der Waals surface area contributed by atoms with Crippen LogP contribution >= 0.6 is 0 Å². The maximum atomic E-state index is 11.1. The topological polar surface area (TPSA) is 42.9 Å². The summed E-state index contributed by atoms with van der Waals surface area (Å²) in [5, 5.41) is 0. The van der Waals surface area contributed by atoms with Crippen LogP contribution in [-0.2, 0) is 0 Å². The summed E-state index contributed by atoms with van der Waals surface area (Å²) < 4.78 is 0. The molecule has 3 heteroatoms. The van der Waals surface area contributed by atoms with E-state index in [1.807, 2.05) is 12.1 Å². The van der Waals surface area contributed by atoms with E-state index in [1.54, 1.807) is 37.6 Å². The van der Waals surface area contributed by atoms with Crippen molar-refractivity contribution in [3.05, 3.63) is 48.4 Å². The summed E-state index contributed by atoms with van der Waals surface area (Å²) in [6, 6.07) is 7.35. The first-order chi connectivity index (χ1) is 7.27. The van der Waals surface area contributed by atoms with E-state index in [0.29, 0.717) is 5.56 Å². The molecule has 0 N–H and O–H groups in total. The molecule has 0 aliphatic carbocycles. The third kappa shape index (κ3) is 2.07. The number of rotatable bonds is 2. The van der Waals surface area contributed by atoms with E-state index in [1.165, 1.54) is 0 Å². The van der Waals surface area contributed by atoms with E-state index in [-0.39, 0.29) is 5.78 Å². The fourth-order valence-electron chi connectivity index (χ4n) is 1.32. The van der Waals surface area contributed by atoms with Gasteiger partial charge in [-0.05, 0) is 6.92 Å². The highest BCUT2D eigenvalue weighted by molar-refractivity contribution is 5.94. The van der Waals surface area contributed by atoms with Crippen molar-refractivity contribution in [2.45, 2.75) is 6.92 Å². The standard InChI is InChI=1S/C12H10N2O/c1-9(15)10-2-4-11(5-3-10)12-8-13-6-7-14-12/h2-8H,1H3. The normalized spacial score (nSPS) is 9.93. The Bertz CT molecular complexity index is 463. The van der Waals surface area contributed by atoms with Gasteiger partial charge in [-0.3, -0.25) is 14.8 Å². The molecule has 0 spiro atoms. The quantitative estimate of drug-likeness (QED) is 0.695. The molecule has 0 amide bonds. The van der Waals surface area contributed by atoms with Gasteiger partial charge in [0.25, 0.3) is 0 Å². The Labute approximate surface area is 87.8 Å². The third-order valence-corrected chi connectivity index (χ3v) is 2.15. The number of nitrogens with zero attached hydrogens (tertiary/aromatic N) is 2. The molecule has 1 aromatic heterocycles. The van der Waals surface area contributed by atoms with Crippen LogP contribution in [0, 0.1) is 0 Å². The Hall–Kier alpha value is -2.03. The van der Waals surface area contributed by atoms with Gasteiger partial charge in [0.2, 0.25) is 0 Å². The summed E-state index contributed by atoms with van der Waals surface area (Å²) in [6.45, 7) is 1.55. The van der Waals surface area contributed by atoms with Crippen LogP contribution in [0.4, 0.5) is 0 Å². The Morgan fingerprint density at radius 3 is 2.40 bits per heavy atom. The highest BCUT2D eigenvalue weighted by Crippen LogP contribution is 2.15. The number of Topliss-reactive ketones (excluding diaryl/α,β-unsaturated/α-hetero) is 1. The number of aromatic nitrogens is 2. The second kappa shape index (κ2) is 4.00. The van der Waals surface area contributed by atoms with Crippen LogP contribution in [0.1, 0.15) is 17.3 Å². The van der Waals surface area contributed by atoms with Crippen molar-refractivity contribution < 1.29 is 4.79 Å². The lowest BCUT2D eigenvalue weighted by molar-refractivity contribution is 0.101. The zero-order valence-electron chi connectivity index (χ0n) is 8.34. The largest absolute Gasteiger partial charge is 0.295 e. The number of benzene rings is 1. The summed E-state index contributed by atoms with van der Waals surface area (Å²) in [4.78, 5) is 19.2. The zero-order chi connectivity index (χ0) is 10.7. The number of hydrogen-bond donors (Lipinski definition) is 0. The Kier molecular flexibility index (Phi) is 2.54. The van der Waals surface area contributed by atoms with Gasteiger partial charge in [0.1, 0.15) is 0 Å². The van der Waals surface area contributed by atoms with Crippen molar-refractivity contribution in [3.8, 4) is 11.3 Å². The van der Waals surface area contributed by atoms with Crippen LogP contribution in [0.3, 0.4) is 0 Å². The summed E-state index contributed by atoms with van der Waals surface area (Å²) in [7, 11) is 0. The monoisotopic (exact) mass is 198 g/mol. The highest BCUT2D eigenvalue weighted by atomic mass is 16.1. The molecular weight excluding hydrogens is 188 g/mol. The third-order valence-electron chi connectivity index (χ3n) is 2.15. The molecule has 15 heavy (non-hydrogen) atoms. The average molecular weight is 198 g/mol. The lowest BCUT2D eigenvalue weighted by atomic mass is 10.1. The molecule has 74 valence electrons. The molecule has 2 rings (SSSR count). The molecule has 0 saturated heterocycles. The molecule has 1 aromatic carbocycles. The Morgan fingerprint density at radius 1 is 1.13 bits per heavy atom.